The lowest BCUT2D eigenvalue weighted by Crippen LogP contribution is -2.42. The molecule has 0 saturated carbocycles. The largest absolute Gasteiger partial charge is 0.480 e. The zero-order chi connectivity index (χ0) is 26.0. The van der Waals surface area contributed by atoms with Gasteiger partial charge in [0.1, 0.15) is 22.0 Å². The van der Waals surface area contributed by atoms with E-state index in [1.807, 2.05) is 22.6 Å². The number of rotatable bonds is 8. The van der Waals surface area contributed by atoms with Crippen molar-refractivity contribution >= 4 is 100 Å². The van der Waals surface area contributed by atoms with Crippen LogP contribution in [0, 0.1) is 3.57 Å². The van der Waals surface area contributed by atoms with E-state index in [0.29, 0.717) is 24.1 Å². The maximum Gasteiger partial charge on any atom is 0.326 e. The normalized spacial score (nSPS) is 12.3. The molecule has 0 saturated heterocycles. The van der Waals surface area contributed by atoms with Gasteiger partial charge in [-0.05, 0) is 86.5 Å². The first-order chi connectivity index (χ1) is 17.0. The summed E-state index contributed by atoms with van der Waals surface area (Å²) in [5.74, 6) is -2.00. The van der Waals surface area contributed by atoms with Crippen LogP contribution < -0.4 is 10.0 Å². The predicted molar refractivity (Wildman–Crippen MR) is 149 cm³/mol. The van der Waals surface area contributed by atoms with Gasteiger partial charge < -0.3 is 10.4 Å². The van der Waals surface area contributed by atoms with Gasteiger partial charge in [-0.3, -0.25) is 9.52 Å². The van der Waals surface area contributed by atoms with Gasteiger partial charge in [0.05, 0.1) is 28.0 Å². The Balaban J connectivity index is 1.62. The number of hydrogen-bond donors (Lipinski definition) is 3. The van der Waals surface area contributed by atoms with Crippen LogP contribution in [0.4, 0.5) is 5.69 Å². The first kappa shape index (κ1) is 26.7. The van der Waals surface area contributed by atoms with Crippen molar-refractivity contribution in [2.24, 2.45) is 0 Å². The highest BCUT2D eigenvalue weighted by atomic mass is 127. The molecule has 0 aliphatic carbocycles. The van der Waals surface area contributed by atoms with Crippen LogP contribution in [0.5, 0.6) is 0 Å². The summed E-state index contributed by atoms with van der Waals surface area (Å²) in [6.45, 7) is 0. The Morgan fingerprint density at radius 2 is 1.92 bits per heavy atom. The number of amides is 1. The Morgan fingerprint density at radius 3 is 2.64 bits per heavy atom. The van der Waals surface area contributed by atoms with Crippen LogP contribution in [0.15, 0.2) is 64.0 Å². The standard InChI is InChI=1S/C22H15BrClIN4O5S2/c23-14-8-11(4-7-15(14)24)9-18(22(31)32)26-21(30)13-6-5-12(25)10-17(13)29-36(33,34)19-3-1-2-16-20(19)28-35-27-16/h1-8,10,18,29H,9H2,(H,26,30)(H,31,32). The number of carbonyl (C=O) groups excluding carboxylic acids is 1. The Morgan fingerprint density at radius 1 is 1.14 bits per heavy atom. The fraction of sp³-hybridized carbons (Fsp3) is 0.0909. The summed E-state index contributed by atoms with van der Waals surface area (Å²) in [4.78, 5) is 24.9. The fourth-order valence-electron chi connectivity index (χ4n) is 3.34. The van der Waals surface area contributed by atoms with E-state index in [1.54, 1.807) is 36.4 Å². The van der Waals surface area contributed by atoms with E-state index in [1.165, 1.54) is 18.2 Å². The molecule has 0 radical (unpaired) electrons. The smallest absolute Gasteiger partial charge is 0.326 e. The number of carbonyl (C=O) groups is 2. The Bertz CT molecular complexity index is 1600. The van der Waals surface area contributed by atoms with Crippen LogP contribution in [0.2, 0.25) is 5.02 Å². The van der Waals surface area contributed by atoms with Crippen molar-refractivity contribution in [2.75, 3.05) is 4.72 Å². The minimum absolute atomic E-state index is 0.00188. The second-order valence-corrected chi connectivity index (χ2v) is 12.2. The maximum atomic E-state index is 13.2. The quantitative estimate of drug-likeness (QED) is 0.219. The van der Waals surface area contributed by atoms with Crippen LogP contribution in [0.1, 0.15) is 15.9 Å². The summed E-state index contributed by atoms with van der Waals surface area (Å²) in [6, 6.07) is 12.8. The van der Waals surface area contributed by atoms with Gasteiger partial charge >= 0.3 is 5.97 Å². The first-order valence-electron chi connectivity index (χ1n) is 10.1. The van der Waals surface area contributed by atoms with Gasteiger partial charge in [-0.15, -0.1) is 0 Å². The third-order valence-electron chi connectivity index (χ3n) is 5.04. The molecule has 1 atom stereocenters. The molecule has 0 aliphatic rings. The van der Waals surface area contributed by atoms with E-state index in [0.717, 1.165) is 11.7 Å². The molecule has 14 heteroatoms. The van der Waals surface area contributed by atoms with Gasteiger partial charge in [0.2, 0.25) is 0 Å². The molecule has 36 heavy (non-hydrogen) atoms. The zero-order valence-corrected chi connectivity index (χ0v) is 24.0. The van der Waals surface area contributed by atoms with Crippen molar-refractivity contribution in [1.82, 2.24) is 14.1 Å². The van der Waals surface area contributed by atoms with Gasteiger partial charge in [0, 0.05) is 14.5 Å². The second-order valence-electron chi connectivity index (χ2n) is 7.50. The van der Waals surface area contributed by atoms with E-state index < -0.39 is 27.9 Å². The van der Waals surface area contributed by atoms with Crippen molar-refractivity contribution in [1.29, 1.82) is 0 Å². The number of aliphatic carboxylic acids is 1. The van der Waals surface area contributed by atoms with Gasteiger partial charge in [-0.25, -0.2) is 13.2 Å². The molecule has 4 rings (SSSR count). The highest BCUT2D eigenvalue weighted by Crippen LogP contribution is 2.27. The summed E-state index contributed by atoms with van der Waals surface area (Å²) in [5.41, 5.74) is 1.24. The molecule has 1 unspecified atom stereocenters. The number of carboxylic acids is 1. The lowest BCUT2D eigenvalue weighted by Gasteiger charge is -2.17. The third-order valence-corrected chi connectivity index (χ3v) is 8.86. The molecule has 0 aliphatic heterocycles. The number of carboxylic acid groups (broad SMARTS) is 1. The summed E-state index contributed by atoms with van der Waals surface area (Å²) >= 11 is 12.2. The summed E-state index contributed by atoms with van der Waals surface area (Å²) in [7, 11) is -4.15. The van der Waals surface area contributed by atoms with Gasteiger partial charge in [-0.2, -0.15) is 8.75 Å². The highest BCUT2D eigenvalue weighted by Gasteiger charge is 2.26. The van der Waals surface area contributed by atoms with Crippen molar-refractivity contribution in [2.45, 2.75) is 17.4 Å². The molecule has 0 fully saturated rings. The molecule has 3 aromatic carbocycles. The van der Waals surface area contributed by atoms with Gasteiger partial charge in [0.25, 0.3) is 15.9 Å². The lowest BCUT2D eigenvalue weighted by molar-refractivity contribution is -0.139. The number of halogens is 3. The Kier molecular flexibility index (Phi) is 8.14. The van der Waals surface area contributed by atoms with Gasteiger partial charge in [0.15, 0.2) is 0 Å². The third kappa shape index (κ3) is 5.96. The van der Waals surface area contributed by atoms with Crippen LogP contribution in [0.25, 0.3) is 11.0 Å². The number of aromatic nitrogens is 2. The predicted octanol–water partition coefficient (Wildman–Crippen LogP) is 4.94. The number of benzene rings is 3. The van der Waals surface area contributed by atoms with Crippen LogP contribution in [0.3, 0.4) is 0 Å². The van der Waals surface area contributed by atoms with Crippen LogP contribution in [-0.4, -0.2) is 40.2 Å². The summed E-state index contributed by atoms with van der Waals surface area (Å²) in [6.07, 6.45) is -0.0128. The van der Waals surface area contributed by atoms with Crippen molar-refractivity contribution in [3.8, 4) is 0 Å². The fourth-order valence-corrected chi connectivity index (χ4v) is 6.21. The van der Waals surface area contributed by atoms with Gasteiger partial charge in [-0.1, -0.05) is 23.7 Å². The van der Waals surface area contributed by atoms with E-state index in [-0.39, 0.29) is 28.1 Å². The minimum Gasteiger partial charge on any atom is -0.480 e. The topological polar surface area (TPSA) is 138 Å². The van der Waals surface area contributed by atoms with Crippen molar-refractivity contribution in [3.63, 3.8) is 0 Å². The van der Waals surface area contributed by atoms with E-state index >= 15 is 0 Å². The lowest BCUT2D eigenvalue weighted by atomic mass is 10.1. The average molecular weight is 722 g/mol. The maximum absolute atomic E-state index is 13.2. The molecule has 1 aromatic heterocycles. The monoisotopic (exact) mass is 720 g/mol. The van der Waals surface area contributed by atoms with Crippen molar-refractivity contribution < 1.29 is 23.1 Å². The number of nitrogens with one attached hydrogen (secondary N) is 2. The molecular weight excluding hydrogens is 707 g/mol. The zero-order valence-electron chi connectivity index (χ0n) is 17.9. The number of anilines is 1. The molecule has 1 heterocycles. The Hall–Kier alpha value is -2.33. The minimum atomic E-state index is -4.15. The molecule has 3 N–H and O–H groups in total. The second kappa shape index (κ2) is 11.0. The van der Waals surface area contributed by atoms with Crippen LogP contribution >= 0.6 is 61.8 Å². The molecule has 186 valence electrons. The number of hydrogen-bond acceptors (Lipinski definition) is 7. The van der Waals surface area contributed by atoms with Crippen LogP contribution in [-0.2, 0) is 21.2 Å². The van der Waals surface area contributed by atoms with E-state index in [4.69, 9.17) is 11.6 Å². The summed E-state index contributed by atoms with van der Waals surface area (Å²) in [5, 5.41) is 12.7. The molecule has 9 nitrogen and oxygen atoms in total. The highest BCUT2D eigenvalue weighted by molar-refractivity contribution is 14.1. The Labute approximate surface area is 236 Å². The number of fused-ring (bicyclic) bond motifs is 1. The van der Waals surface area contributed by atoms with E-state index in [9.17, 15) is 23.1 Å². The number of sulfonamides is 1. The molecule has 4 aromatic rings. The average Bonchev–Trinajstić information content (AvgIpc) is 3.29. The SMILES string of the molecule is O=C(NC(Cc1ccc(Cl)c(Br)c1)C(=O)O)c1ccc(I)cc1NS(=O)(=O)c1cccc2nsnc12. The number of nitrogens with zero attached hydrogens (tertiary/aromatic N) is 2. The summed E-state index contributed by atoms with van der Waals surface area (Å²) < 4.78 is 38.3. The molecule has 1 amide bonds. The molecule has 0 spiro atoms. The molecule has 0 bridgehead atoms. The molecular formula is C22H15BrClIN4O5S2. The first-order valence-corrected chi connectivity index (χ1v) is 14.5. The van der Waals surface area contributed by atoms with Crippen molar-refractivity contribution in [3.05, 3.63) is 78.8 Å². The van der Waals surface area contributed by atoms with E-state index in [2.05, 4.69) is 34.7 Å².